The molecule has 0 aromatic heterocycles. The molecule has 0 aliphatic carbocycles. The first-order valence-corrected chi connectivity index (χ1v) is 7.83. The van der Waals surface area contributed by atoms with E-state index in [9.17, 15) is 14.0 Å². The number of cyclic esters (lactones) is 1. The number of carbonyl (C=O) groups excluding carboxylic acids is 2. The third kappa shape index (κ3) is 3.72. The van der Waals surface area contributed by atoms with Gasteiger partial charge in [-0.2, -0.15) is 0 Å². The van der Waals surface area contributed by atoms with Crippen LogP contribution in [-0.2, 0) is 9.53 Å². The van der Waals surface area contributed by atoms with Gasteiger partial charge in [0.2, 0.25) is 5.91 Å². The fourth-order valence-electron chi connectivity index (χ4n) is 2.91. The maximum Gasteiger partial charge on any atom is 0.410 e. The first-order chi connectivity index (χ1) is 11.1. The molecule has 0 N–H and O–H groups in total. The Hall–Kier alpha value is -2.31. The van der Waals surface area contributed by atoms with Crippen molar-refractivity contribution in [1.82, 2.24) is 9.80 Å². The monoisotopic (exact) mass is 321 g/mol. The fourth-order valence-corrected chi connectivity index (χ4v) is 2.91. The number of hydrogen-bond acceptors (Lipinski definition) is 4. The predicted molar refractivity (Wildman–Crippen MR) is 82.7 cm³/mol. The number of ether oxygens (including phenoxy) is 1. The van der Waals surface area contributed by atoms with Crippen LogP contribution in [0.1, 0.15) is 6.42 Å². The van der Waals surface area contributed by atoms with Crippen LogP contribution in [0.15, 0.2) is 24.3 Å². The van der Waals surface area contributed by atoms with Gasteiger partial charge in [0, 0.05) is 31.9 Å². The number of benzene rings is 1. The molecule has 23 heavy (non-hydrogen) atoms. The SMILES string of the molecule is O=C(CN1CCOC1=O)N1CCCN(c2ccc(F)cc2)CC1. The molecule has 1 aromatic rings. The smallest absolute Gasteiger partial charge is 0.410 e. The number of amides is 2. The second-order valence-corrected chi connectivity index (χ2v) is 5.73. The molecule has 2 aliphatic rings. The molecule has 7 heteroatoms. The van der Waals surface area contributed by atoms with E-state index >= 15 is 0 Å². The fraction of sp³-hybridized carbons (Fsp3) is 0.500. The van der Waals surface area contributed by atoms with Crippen molar-refractivity contribution in [3.63, 3.8) is 0 Å². The molecule has 0 atom stereocenters. The molecular formula is C16H20FN3O3. The number of carbonyl (C=O) groups is 2. The van der Waals surface area contributed by atoms with Crippen LogP contribution in [0.25, 0.3) is 0 Å². The van der Waals surface area contributed by atoms with Crippen molar-refractivity contribution < 1.29 is 18.7 Å². The van der Waals surface area contributed by atoms with Crippen LogP contribution in [0, 0.1) is 5.82 Å². The number of halogens is 1. The van der Waals surface area contributed by atoms with Gasteiger partial charge in [-0.3, -0.25) is 9.69 Å². The van der Waals surface area contributed by atoms with Gasteiger partial charge in [0.25, 0.3) is 0 Å². The average Bonchev–Trinajstić information content (AvgIpc) is 2.81. The van der Waals surface area contributed by atoms with Crippen molar-refractivity contribution in [3.8, 4) is 0 Å². The van der Waals surface area contributed by atoms with Gasteiger partial charge in [0.1, 0.15) is 19.0 Å². The van der Waals surface area contributed by atoms with Crippen molar-refractivity contribution >= 4 is 17.7 Å². The summed E-state index contributed by atoms with van der Waals surface area (Å²) in [7, 11) is 0. The van der Waals surface area contributed by atoms with E-state index in [0.29, 0.717) is 32.8 Å². The molecule has 0 radical (unpaired) electrons. The maximum absolute atomic E-state index is 13.0. The summed E-state index contributed by atoms with van der Waals surface area (Å²) < 4.78 is 17.9. The molecule has 2 heterocycles. The molecule has 2 amide bonds. The quantitative estimate of drug-likeness (QED) is 0.842. The summed E-state index contributed by atoms with van der Waals surface area (Å²) in [5.74, 6) is -0.303. The first-order valence-electron chi connectivity index (χ1n) is 7.83. The number of nitrogens with zero attached hydrogens (tertiary/aromatic N) is 3. The van der Waals surface area contributed by atoms with Crippen molar-refractivity contribution in [2.75, 3.05) is 50.8 Å². The Kier molecular flexibility index (Phi) is 4.64. The topological polar surface area (TPSA) is 53.1 Å². The number of hydrogen-bond donors (Lipinski definition) is 0. The largest absolute Gasteiger partial charge is 0.448 e. The molecule has 0 spiro atoms. The van der Waals surface area contributed by atoms with Crippen molar-refractivity contribution in [2.45, 2.75) is 6.42 Å². The first kappa shape index (κ1) is 15.6. The molecule has 2 saturated heterocycles. The van der Waals surface area contributed by atoms with Crippen molar-refractivity contribution in [1.29, 1.82) is 0 Å². The van der Waals surface area contributed by atoms with E-state index in [1.165, 1.54) is 17.0 Å². The van der Waals surface area contributed by atoms with Crippen LogP contribution < -0.4 is 4.90 Å². The lowest BCUT2D eigenvalue weighted by atomic mass is 10.2. The molecule has 3 rings (SSSR count). The second kappa shape index (κ2) is 6.85. The van der Waals surface area contributed by atoms with Crippen molar-refractivity contribution in [3.05, 3.63) is 30.1 Å². The molecule has 1 aromatic carbocycles. The van der Waals surface area contributed by atoms with E-state index < -0.39 is 6.09 Å². The highest BCUT2D eigenvalue weighted by Crippen LogP contribution is 2.17. The summed E-state index contributed by atoms with van der Waals surface area (Å²) in [5, 5.41) is 0. The maximum atomic E-state index is 13.0. The van der Waals surface area contributed by atoms with Crippen LogP contribution in [0.5, 0.6) is 0 Å². The zero-order valence-corrected chi connectivity index (χ0v) is 12.9. The lowest BCUT2D eigenvalue weighted by Gasteiger charge is -2.24. The third-order valence-electron chi connectivity index (χ3n) is 4.21. The molecule has 124 valence electrons. The minimum Gasteiger partial charge on any atom is -0.448 e. The Balaban J connectivity index is 1.56. The van der Waals surface area contributed by atoms with E-state index in [0.717, 1.165) is 18.7 Å². The standard InChI is InChI=1S/C16H20FN3O3/c17-13-2-4-14(5-3-13)18-6-1-7-19(9-8-18)15(21)12-20-10-11-23-16(20)22/h2-5H,1,6-12H2. The molecule has 2 aliphatic heterocycles. The Bertz CT molecular complexity index is 578. The summed E-state index contributed by atoms with van der Waals surface area (Å²) >= 11 is 0. The normalized spacial score (nSPS) is 18.8. The Morgan fingerprint density at radius 1 is 1.09 bits per heavy atom. The third-order valence-corrected chi connectivity index (χ3v) is 4.21. The van der Waals surface area contributed by atoms with Crippen LogP contribution >= 0.6 is 0 Å². The zero-order valence-electron chi connectivity index (χ0n) is 12.9. The van der Waals surface area contributed by atoms with E-state index in [1.807, 2.05) is 0 Å². The highest BCUT2D eigenvalue weighted by Gasteiger charge is 2.27. The molecule has 0 saturated carbocycles. The summed E-state index contributed by atoms with van der Waals surface area (Å²) in [6.45, 7) is 3.68. The highest BCUT2D eigenvalue weighted by molar-refractivity contribution is 5.83. The lowest BCUT2D eigenvalue weighted by molar-refractivity contribution is -0.131. The van der Waals surface area contributed by atoms with E-state index in [-0.39, 0.29) is 18.3 Å². The minimum absolute atomic E-state index is 0.0511. The van der Waals surface area contributed by atoms with Gasteiger partial charge in [-0.25, -0.2) is 9.18 Å². The minimum atomic E-state index is -0.416. The van der Waals surface area contributed by atoms with Crippen LogP contribution in [0.3, 0.4) is 0 Å². The summed E-state index contributed by atoms with van der Waals surface area (Å²) in [5.41, 5.74) is 0.962. The highest BCUT2D eigenvalue weighted by atomic mass is 19.1. The van der Waals surface area contributed by atoms with Gasteiger partial charge in [-0.1, -0.05) is 0 Å². The predicted octanol–water partition coefficient (Wildman–Crippen LogP) is 1.32. The van der Waals surface area contributed by atoms with Crippen LogP contribution in [-0.4, -0.2) is 67.7 Å². The van der Waals surface area contributed by atoms with Crippen LogP contribution in [0.2, 0.25) is 0 Å². The Morgan fingerprint density at radius 2 is 1.87 bits per heavy atom. The molecule has 0 bridgehead atoms. The van der Waals surface area contributed by atoms with Gasteiger partial charge in [0.15, 0.2) is 0 Å². The van der Waals surface area contributed by atoms with E-state index in [2.05, 4.69) is 4.90 Å². The average molecular weight is 321 g/mol. The molecule has 6 nitrogen and oxygen atoms in total. The number of anilines is 1. The Morgan fingerprint density at radius 3 is 2.57 bits per heavy atom. The van der Waals surface area contributed by atoms with E-state index in [1.54, 1.807) is 17.0 Å². The van der Waals surface area contributed by atoms with Gasteiger partial charge in [-0.05, 0) is 30.7 Å². The Labute approximate surface area is 134 Å². The van der Waals surface area contributed by atoms with Gasteiger partial charge in [0.05, 0.1) is 6.54 Å². The second-order valence-electron chi connectivity index (χ2n) is 5.73. The van der Waals surface area contributed by atoms with Gasteiger partial charge in [-0.15, -0.1) is 0 Å². The molecular weight excluding hydrogens is 301 g/mol. The van der Waals surface area contributed by atoms with Gasteiger partial charge >= 0.3 is 6.09 Å². The summed E-state index contributed by atoms with van der Waals surface area (Å²) in [6, 6.07) is 6.41. The molecule has 0 unspecified atom stereocenters. The lowest BCUT2D eigenvalue weighted by Crippen LogP contribution is -2.42. The number of rotatable bonds is 3. The zero-order chi connectivity index (χ0) is 16.2. The van der Waals surface area contributed by atoms with Crippen LogP contribution in [0.4, 0.5) is 14.9 Å². The van der Waals surface area contributed by atoms with E-state index in [4.69, 9.17) is 4.74 Å². The van der Waals surface area contributed by atoms with Gasteiger partial charge < -0.3 is 14.5 Å². The molecule has 2 fully saturated rings. The summed E-state index contributed by atoms with van der Waals surface area (Å²) in [4.78, 5) is 29.1. The summed E-state index contributed by atoms with van der Waals surface area (Å²) in [6.07, 6.45) is 0.425. The van der Waals surface area contributed by atoms with Crippen molar-refractivity contribution in [2.24, 2.45) is 0 Å².